The van der Waals surface area contributed by atoms with Gasteiger partial charge in [0.15, 0.2) is 0 Å². The van der Waals surface area contributed by atoms with Crippen molar-refractivity contribution in [1.29, 1.82) is 0 Å². The molecule has 0 unspecified atom stereocenters. The van der Waals surface area contributed by atoms with Crippen LogP contribution in [0.5, 0.6) is 0 Å². The van der Waals surface area contributed by atoms with E-state index in [1.165, 1.54) is 31.9 Å². The number of amides is 1. The Morgan fingerprint density at radius 2 is 2.16 bits per heavy atom. The van der Waals surface area contributed by atoms with Gasteiger partial charge in [-0.1, -0.05) is 38.3 Å². The van der Waals surface area contributed by atoms with Crippen molar-refractivity contribution in [2.24, 2.45) is 5.92 Å². The van der Waals surface area contributed by atoms with Crippen LogP contribution in [0.1, 0.15) is 61.8 Å². The van der Waals surface area contributed by atoms with E-state index in [-0.39, 0.29) is 11.8 Å². The second-order valence-corrected chi connectivity index (χ2v) is 5.85. The minimum absolute atomic E-state index is 0.179. The molecule has 0 atom stereocenters. The van der Waals surface area contributed by atoms with Gasteiger partial charge in [-0.15, -0.1) is 0 Å². The standard InChI is InChI=1S/C14H20ClN3O/c1-9(2)13-16-8-11(15)12(18-13)14(19)17-7-10-5-3-4-6-10/h8-10H,3-7H2,1-2H3,(H,17,19). The molecule has 104 valence electrons. The topological polar surface area (TPSA) is 54.9 Å². The number of hydrogen-bond donors (Lipinski definition) is 1. The number of nitrogens with one attached hydrogen (secondary N) is 1. The van der Waals surface area contributed by atoms with E-state index in [2.05, 4.69) is 15.3 Å². The molecule has 1 aromatic rings. The lowest BCUT2D eigenvalue weighted by Crippen LogP contribution is -2.29. The molecule has 0 bridgehead atoms. The zero-order chi connectivity index (χ0) is 13.8. The number of carbonyl (C=O) groups is 1. The maximum Gasteiger partial charge on any atom is 0.271 e. The second-order valence-electron chi connectivity index (χ2n) is 5.44. The molecule has 0 saturated heterocycles. The maximum atomic E-state index is 12.1. The predicted octanol–water partition coefficient (Wildman–Crippen LogP) is 3.17. The molecule has 0 aromatic carbocycles. The first-order valence-electron chi connectivity index (χ1n) is 6.88. The van der Waals surface area contributed by atoms with E-state index >= 15 is 0 Å². The Morgan fingerprint density at radius 1 is 1.47 bits per heavy atom. The van der Waals surface area contributed by atoms with Gasteiger partial charge in [0.2, 0.25) is 0 Å². The van der Waals surface area contributed by atoms with E-state index in [1.807, 2.05) is 13.8 Å². The van der Waals surface area contributed by atoms with E-state index in [4.69, 9.17) is 11.6 Å². The Hall–Kier alpha value is -1.16. The molecule has 5 heteroatoms. The van der Waals surface area contributed by atoms with Gasteiger partial charge in [-0.05, 0) is 18.8 Å². The van der Waals surface area contributed by atoms with Crippen LogP contribution < -0.4 is 5.32 Å². The third kappa shape index (κ3) is 3.66. The monoisotopic (exact) mass is 281 g/mol. The van der Waals surface area contributed by atoms with E-state index in [9.17, 15) is 4.79 Å². The molecule has 1 aromatic heterocycles. The predicted molar refractivity (Wildman–Crippen MR) is 75.4 cm³/mol. The Morgan fingerprint density at radius 3 is 2.79 bits per heavy atom. The lowest BCUT2D eigenvalue weighted by atomic mass is 10.1. The summed E-state index contributed by atoms with van der Waals surface area (Å²) in [4.78, 5) is 20.5. The van der Waals surface area contributed by atoms with Crippen molar-refractivity contribution >= 4 is 17.5 Å². The average molecular weight is 282 g/mol. The fourth-order valence-electron chi connectivity index (χ4n) is 2.35. The Kier molecular flexibility index (Phi) is 4.75. The molecule has 0 spiro atoms. The number of halogens is 1. The molecule has 1 saturated carbocycles. The van der Waals surface area contributed by atoms with Crippen molar-refractivity contribution in [2.45, 2.75) is 45.4 Å². The van der Waals surface area contributed by atoms with Crippen molar-refractivity contribution in [3.63, 3.8) is 0 Å². The van der Waals surface area contributed by atoms with Crippen LogP contribution in [0.25, 0.3) is 0 Å². The van der Waals surface area contributed by atoms with E-state index < -0.39 is 0 Å². The summed E-state index contributed by atoms with van der Waals surface area (Å²) in [6, 6.07) is 0. The molecule has 0 radical (unpaired) electrons. The molecule has 1 aliphatic rings. The van der Waals surface area contributed by atoms with Crippen LogP contribution >= 0.6 is 11.6 Å². The summed E-state index contributed by atoms with van der Waals surface area (Å²) in [5.74, 6) is 1.24. The molecule has 4 nitrogen and oxygen atoms in total. The average Bonchev–Trinajstić information content (AvgIpc) is 2.89. The SMILES string of the molecule is CC(C)c1ncc(Cl)c(C(=O)NCC2CCCC2)n1. The van der Waals surface area contributed by atoms with Gasteiger partial charge >= 0.3 is 0 Å². The molecule has 1 N–H and O–H groups in total. The quantitative estimate of drug-likeness (QED) is 0.922. The smallest absolute Gasteiger partial charge is 0.271 e. The molecule has 19 heavy (non-hydrogen) atoms. The summed E-state index contributed by atoms with van der Waals surface area (Å²) in [5.41, 5.74) is 0.290. The van der Waals surface area contributed by atoms with Gasteiger partial charge in [0.05, 0.1) is 11.2 Å². The van der Waals surface area contributed by atoms with Crippen molar-refractivity contribution < 1.29 is 4.79 Å². The number of aromatic nitrogens is 2. The van der Waals surface area contributed by atoms with Crippen LogP contribution in [0.2, 0.25) is 5.02 Å². The summed E-state index contributed by atoms with van der Waals surface area (Å²) in [6.45, 7) is 4.70. The minimum atomic E-state index is -0.193. The van der Waals surface area contributed by atoms with Crippen LogP contribution in [0.3, 0.4) is 0 Å². The summed E-state index contributed by atoms with van der Waals surface area (Å²) >= 11 is 6.01. The Balaban J connectivity index is 2.02. The van der Waals surface area contributed by atoms with Gasteiger partial charge in [0, 0.05) is 12.5 Å². The van der Waals surface area contributed by atoms with Gasteiger partial charge in [-0.25, -0.2) is 9.97 Å². The molecule has 1 amide bonds. The van der Waals surface area contributed by atoms with Gasteiger partial charge in [0.25, 0.3) is 5.91 Å². The van der Waals surface area contributed by atoms with E-state index in [1.54, 1.807) is 0 Å². The first-order valence-corrected chi connectivity index (χ1v) is 7.26. The van der Waals surface area contributed by atoms with Crippen LogP contribution in [0, 0.1) is 5.92 Å². The van der Waals surface area contributed by atoms with E-state index in [0.717, 1.165) is 6.54 Å². The van der Waals surface area contributed by atoms with Crippen LogP contribution in [-0.4, -0.2) is 22.4 Å². The summed E-state index contributed by atoms with van der Waals surface area (Å²) in [5, 5.41) is 3.25. The van der Waals surface area contributed by atoms with Crippen molar-refractivity contribution in [1.82, 2.24) is 15.3 Å². The van der Waals surface area contributed by atoms with Gasteiger partial charge in [-0.3, -0.25) is 4.79 Å². The molecule has 1 aliphatic carbocycles. The van der Waals surface area contributed by atoms with Crippen molar-refractivity contribution in [3.05, 3.63) is 22.7 Å². The van der Waals surface area contributed by atoms with Gasteiger partial charge in [0.1, 0.15) is 11.5 Å². The zero-order valence-electron chi connectivity index (χ0n) is 11.4. The first kappa shape index (κ1) is 14.3. The third-order valence-electron chi connectivity index (χ3n) is 3.52. The zero-order valence-corrected chi connectivity index (χ0v) is 12.2. The van der Waals surface area contributed by atoms with Gasteiger partial charge in [-0.2, -0.15) is 0 Å². The van der Waals surface area contributed by atoms with Crippen LogP contribution in [0.15, 0.2) is 6.20 Å². The minimum Gasteiger partial charge on any atom is -0.350 e. The lowest BCUT2D eigenvalue weighted by molar-refractivity contribution is 0.0942. The fourth-order valence-corrected chi connectivity index (χ4v) is 2.53. The highest BCUT2D eigenvalue weighted by atomic mass is 35.5. The summed E-state index contributed by atoms with van der Waals surface area (Å²) in [6.07, 6.45) is 6.46. The van der Waals surface area contributed by atoms with Crippen molar-refractivity contribution in [3.8, 4) is 0 Å². The number of hydrogen-bond acceptors (Lipinski definition) is 3. The Bertz CT molecular complexity index is 456. The highest BCUT2D eigenvalue weighted by molar-refractivity contribution is 6.33. The summed E-state index contributed by atoms with van der Waals surface area (Å²) < 4.78 is 0. The number of carbonyl (C=O) groups excluding carboxylic acids is 1. The summed E-state index contributed by atoms with van der Waals surface area (Å²) in [7, 11) is 0. The van der Waals surface area contributed by atoms with Crippen molar-refractivity contribution in [2.75, 3.05) is 6.54 Å². The van der Waals surface area contributed by atoms with Gasteiger partial charge < -0.3 is 5.32 Å². The van der Waals surface area contributed by atoms with Crippen LogP contribution in [-0.2, 0) is 0 Å². The first-order chi connectivity index (χ1) is 9.08. The molecule has 2 rings (SSSR count). The largest absolute Gasteiger partial charge is 0.350 e. The van der Waals surface area contributed by atoms with E-state index in [0.29, 0.717) is 22.5 Å². The molecule has 1 heterocycles. The highest BCUT2D eigenvalue weighted by Gasteiger charge is 2.19. The second kappa shape index (κ2) is 6.33. The lowest BCUT2D eigenvalue weighted by Gasteiger charge is -2.12. The third-order valence-corrected chi connectivity index (χ3v) is 3.80. The molecular weight excluding hydrogens is 262 g/mol. The highest BCUT2D eigenvalue weighted by Crippen LogP contribution is 2.24. The number of rotatable bonds is 4. The fraction of sp³-hybridized carbons (Fsp3) is 0.643. The molecule has 1 fully saturated rings. The Labute approximate surface area is 119 Å². The van der Waals surface area contributed by atoms with Crippen LogP contribution in [0.4, 0.5) is 0 Å². The maximum absolute atomic E-state index is 12.1. The normalized spacial score (nSPS) is 16.0. The molecule has 0 aliphatic heterocycles. The molecular formula is C14H20ClN3O. The number of nitrogens with zero attached hydrogens (tertiary/aromatic N) is 2.